The first-order valence-corrected chi connectivity index (χ1v) is 37.0. The minimum absolute atomic E-state index is 0.0297. The molecule has 9 nitrogen and oxygen atoms in total. The first kappa shape index (κ1) is 81.9. The Hall–Kier alpha value is -3.07. The maximum absolute atomic E-state index is 13.6. The number of unbranched alkanes of at least 4 members (excludes halogenated alkanes) is 34. The fourth-order valence-electron chi connectivity index (χ4n) is 9.98. The number of hydrogen-bond acceptors (Lipinski definition) is 7. The van der Waals surface area contributed by atoms with Crippen molar-refractivity contribution in [3.63, 3.8) is 0 Å². The number of phosphoric acid groups is 1. The van der Waals surface area contributed by atoms with Gasteiger partial charge in [-0.1, -0.05) is 285 Å². The van der Waals surface area contributed by atoms with Crippen LogP contribution in [-0.4, -0.2) is 69.4 Å². The zero-order valence-corrected chi connectivity index (χ0v) is 57.2. The van der Waals surface area contributed by atoms with Crippen molar-refractivity contribution in [2.75, 3.05) is 40.9 Å². The van der Waals surface area contributed by atoms with Crippen LogP contribution in [0, 0.1) is 0 Å². The second-order valence-electron chi connectivity index (χ2n) is 25.0. The lowest BCUT2D eigenvalue weighted by molar-refractivity contribution is -0.870. The van der Waals surface area contributed by atoms with Crippen molar-refractivity contribution in [1.82, 2.24) is 5.32 Å². The summed E-state index contributed by atoms with van der Waals surface area (Å²) in [5, 5.41) is 3.03. The zero-order valence-electron chi connectivity index (χ0n) is 56.3. The van der Waals surface area contributed by atoms with E-state index in [1.165, 1.54) is 173 Å². The topological polar surface area (TPSA) is 114 Å². The second-order valence-corrected chi connectivity index (χ2v) is 26.4. The number of allylic oxidation sites excluding steroid dienone is 15. The zero-order chi connectivity index (χ0) is 62.1. The number of quaternary nitrogens is 1. The number of nitrogens with zero attached hydrogens (tertiary/aromatic N) is 1. The van der Waals surface area contributed by atoms with Crippen molar-refractivity contribution < 1.29 is 37.3 Å². The van der Waals surface area contributed by atoms with Gasteiger partial charge in [0.15, 0.2) is 0 Å². The van der Waals surface area contributed by atoms with Gasteiger partial charge in [0, 0.05) is 12.8 Å². The van der Waals surface area contributed by atoms with Gasteiger partial charge >= 0.3 is 5.97 Å². The number of amides is 1. The Labute approximate surface area is 526 Å². The van der Waals surface area contributed by atoms with E-state index in [9.17, 15) is 19.0 Å². The van der Waals surface area contributed by atoms with Crippen LogP contribution in [0.15, 0.2) is 97.2 Å². The summed E-state index contributed by atoms with van der Waals surface area (Å²) in [6, 6.07) is -0.904. The van der Waals surface area contributed by atoms with Crippen LogP contribution in [0.25, 0.3) is 0 Å². The molecular formula is C75H135N2O7P. The number of esters is 1. The summed E-state index contributed by atoms with van der Waals surface area (Å²) in [4.78, 5) is 40.1. The Morgan fingerprint density at radius 2 is 0.718 bits per heavy atom. The summed E-state index contributed by atoms with van der Waals surface area (Å²) in [6.45, 7) is 6.78. The number of carbonyl (C=O) groups excluding carboxylic acids is 2. The molecule has 3 unspecified atom stereocenters. The number of nitrogens with one attached hydrogen (secondary N) is 1. The van der Waals surface area contributed by atoms with E-state index in [1.807, 2.05) is 33.3 Å². The predicted octanol–water partition coefficient (Wildman–Crippen LogP) is 22.0. The summed E-state index contributed by atoms with van der Waals surface area (Å²) in [7, 11) is 1.17. The molecule has 0 aromatic carbocycles. The number of rotatable bonds is 64. The van der Waals surface area contributed by atoms with Gasteiger partial charge in [0.25, 0.3) is 7.82 Å². The normalized spacial score (nSPS) is 14.1. The SMILES string of the molecule is CCCCC/C=C\C/C=C\C/C=C\C/C=C\CCCCCCCC(=O)NC(COP(=O)([O-])OCC[N+](C)(C)C)C(/C=C\CCCCCCCCCCC)OC(=O)CCCCCCCCCCCCCCCC/C=C\C/C=C\C/C=C\CCCCC. The van der Waals surface area contributed by atoms with Crippen LogP contribution in [0.4, 0.5) is 0 Å². The van der Waals surface area contributed by atoms with E-state index < -0.39 is 26.6 Å². The molecule has 0 heterocycles. The van der Waals surface area contributed by atoms with Crippen molar-refractivity contribution in [2.24, 2.45) is 0 Å². The smallest absolute Gasteiger partial charge is 0.306 e. The molecule has 10 heteroatoms. The van der Waals surface area contributed by atoms with Gasteiger partial charge in [0.2, 0.25) is 5.91 Å². The Balaban J connectivity index is 5.04. The van der Waals surface area contributed by atoms with Crippen LogP contribution in [0.2, 0.25) is 0 Å². The largest absolute Gasteiger partial charge is 0.756 e. The molecule has 0 aliphatic rings. The van der Waals surface area contributed by atoms with Crippen molar-refractivity contribution >= 4 is 19.7 Å². The molecule has 0 saturated carbocycles. The van der Waals surface area contributed by atoms with E-state index in [2.05, 4.69) is 111 Å². The standard InChI is InChI=1S/C75H135N2O7P/c1-7-10-13-16-19-22-25-27-29-31-33-35-36-37-38-39-40-42-44-46-48-50-53-56-59-62-65-68-75(79)84-73(66-63-60-57-54-51-24-21-18-15-12-9-3)72(71-83-85(80,81)82-70-69-77(4,5)6)76-74(78)67-64-61-58-55-52-49-47-45-43-41-34-32-30-28-26-23-20-17-14-11-8-2/h19-20,22-23,27-30,33-35,41,45,47,63,66,72-73H,7-18,21,24-26,31-32,36-40,42-44,46,48-62,64-65,67-71H2,1-6H3,(H-,76,78,80,81)/b22-19-,23-20-,29-27-,30-28-,35-33-,41-34-,47-45-,66-63-. The molecule has 0 aromatic rings. The molecule has 3 atom stereocenters. The van der Waals surface area contributed by atoms with Gasteiger partial charge in [0.1, 0.15) is 19.3 Å². The maximum atomic E-state index is 13.6. The molecule has 85 heavy (non-hydrogen) atoms. The molecule has 0 rings (SSSR count). The molecule has 1 amide bonds. The Morgan fingerprint density at radius 1 is 0.412 bits per heavy atom. The van der Waals surface area contributed by atoms with Crippen LogP contribution in [0.3, 0.4) is 0 Å². The highest BCUT2D eigenvalue weighted by molar-refractivity contribution is 7.45. The molecule has 0 fully saturated rings. The summed E-state index contributed by atoms with van der Waals surface area (Å²) >= 11 is 0. The van der Waals surface area contributed by atoms with Crippen LogP contribution in [-0.2, 0) is 27.9 Å². The average molecular weight is 1210 g/mol. The number of phosphoric ester groups is 1. The van der Waals surface area contributed by atoms with Crippen molar-refractivity contribution in [3.05, 3.63) is 97.2 Å². The number of hydrogen-bond donors (Lipinski definition) is 1. The Kier molecular flexibility index (Phi) is 61.6. The van der Waals surface area contributed by atoms with Crippen molar-refractivity contribution in [2.45, 2.75) is 328 Å². The van der Waals surface area contributed by atoms with Gasteiger partial charge in [-0.2, -0.15) is 0 Å². The van der Waals surface area contributed by atoms with Gasteiger partial charge in [0.05, 0.1) is 33.8 Å². The third-order valence-electron chi connectivity index (χ3n) is 15.5. The molecule has 0 aromatic heterocycles. The van der Waals surface area contributed by atoms with Gasteiger partial charge in [-0.15, -0.1) is 0 Å². The van der Waals surface area contributed by atoms with E-state index in [0.29, 0.717) is 23.9 Å². The first-order valence-electron chi connectivity index (χ1n) is 35.5. The van der Waals surface area contributed by atoms with E-state index in [4.69, 9.17) is 13.8 Å². The molecule has 0 bridgehead atoms. The van der Waals surface area contributed by atoms with Gasteiger partial charge < -0.3 is 28.5 Å². The molecule has 0 aliphatic heterocycles. The monoisotopic (exact) mass is 1210 g/mol. The summed E-state index contributed by atoms with van der Waals surface area (Å²) in [5.74, 6) is -0.560. The summed E-state index contributed by atoms with van der Waals surface area (Å²) < 4.78 is 30.4. The maximum Gasteiger partial charge on any atom is 0.306 e. The minimum Gasteiger partial charge on any atom is -0.756 e. The van der Waals surface area contributed by atoms with E-state index in [0.717, 1.165) is 103 Å². The second kappa shape index (κ2) is 63.9. The predicted molar refractivity (Wildman–Crippen MR) is 367 cm³/mol. The van der Waals surface area contributed by atoms with E-state index in [-0.39, 0.29) is 24.9 Å². The lowest BCUT2D eigenvalue weighted by Gasteiger charge is -2.30. The molecule has 1 N–H and O–H groups in total. The number of carbonyl (C=O) groups is 2. The van der Waals surface area contributed by atoms with Crippen LogP contribution >= 0.6 is 7.82 Å². The van der Waals surface area contributed by atoms with Crippen LogP contribution in [0.5, 0.6) is 0 Å². The third kappa shape index (κ3) is 65.2. The summed E-state index contributed by atoms with van der Waals surface area (Å²) in [5.41, 5.74) is 0. The molecule has 492 valence electrons. The Morgan fingerprint density at radius 3 is 1.09 bits per heavy atom. The highest BCUT2D eigenvalue weighted by atomic mass is 31.2. The van der Waals surface area contributed by atoms with Crippen molar-refractivity contribution in [1.29, 1.82) is 0 Å². The highest BCUT2D eigenvalue weighted by Crippen LogP contribution is 2.38. The van der Waals surface area contributed by atoms with E-state index in [1.54, 1.807) is 0 Å². The highest BCUT2D eigenvalue weighted by Gasteiger charge is 2.27. The van der Waals surface area contributed by atoms with Gasteiger partial charge in [-0.3, -0.25) is 14.2 Å². The van der Waals surface area contributed by atoms with Gasteiger partial charge in [-0.25, -0.2) is 0 Å². The first-order chi connectivity index (χ1) is 41.4. The van der Waals surface area contributed by atoms with Crippen molar-refractivity contribution in [3.8, 4) is 0 Å². The average Bonchev–Trinajstić information content (AvgIpc) is 3.57. The third-order valence-corrected chi connectivity index (χ3v) is 16.5. The molecule has 0 saturated heterocycles. The van der Waals surface area contributed by atoms with E-state index >= 15 is 0 Å². The lowest BCUT2D eigenvalue weighted by Crippen LogP contribution is -2.47. The number of likely N-dealkylation sites (N-methyl/N-ethyl adjacent to an activating group) is 1. The Bertz CT molecular complexity index is 1780. The number of ether oxygens (including phenoxy) is 1. The fraction of sp³-hybridized carbons (Fsp3) is 0.760. The minimum atomic E-state index is -4.71. The molecule has 0 spiro atoms. The van der Waals surface area contributed by atoms with Crippen LogP contribution < -0.4 is 10.2 Å². The van der Waals surface area contributed by atoms with Gasteiger partial charge in [-0.05, 0) is 115 Å². The lowest BCUT2D eigenvalue weighted by atomic mass is 10.0. The molecule has 0 radical (unpaired) electrons. The van der Waals surface area contributed by atoms with Crippen LogP contribution in [0.1, 0.15) is 316 Å². The quantitative estimate of drug-likeness (QED) is 0.0212. The fourth-order valence-corrected chi connectivity index (χ4v) is 10.7. The molecular weight excluding hydrogens is 1070 g/mol. The summed E-state index contributed by atoms with van der Waals surface area (Å²) in [6.07, 6.45) is 86.7. The molecule has 0 aliphatic carbocycles.